The van der Waals surface area contributed by atoms with Crippen LogP contribution in [0.3, 0.4) is 0 Å². The molecule has 0 aliphatic rings. The van der Waals surface area contributed by atoms with E-state index in [9.17, 15) is 18.0 Å². The van der Waals surface area contributed by atoms with Crippen molar-refractivity contribution in [2.75, 3.05) is 13.7 Å². The summed E-state index contributed by atoms with van der Waals surface area (Å²) < 4.78 is 58.4. The van der Waals surface area contributed by atoms with Crippen LogP contribution in [0, 0.1) is 0 Å². The third-order valence-corrected chi connectivity index (χ3v) is 5.44. The fraction of sp³-hybridized carbons (Fsp3) is 0.632. The minimum absolute atomic E-state index is 0.180. The molecule has 1 unspecified atom stereocenters. The highest BCUT2D eigenvalue weighted by Crippen LogP contribution is 2.46. The van der Waals surface area contributed by atoms with E-state index in [1.807, 2.05) is 0 Å². The van der Waals surface area contributed by atoms with Crippen LogP contribution in [-0.2, 0) is 19.4 Å². The molecule has 0 radical (unpaired) electrons. The fourth-order valence-corrected chi connectivity index (χ4v) is 4.51. The van der Waals surface area contributed by atoms with E-state index >= 15 is 0 Å². The van der Waals surface area contributed by atoms with Crippen LogP contribution in [0.25, 0.3) is 0 Å². The van der Waals surface area contributed by atoms with Gasteiger partial charge in [0.2, 0.25) is 0 Å². The summed E-state index contributed by atoms with van der Waals surface area (Å²) in [5.41, 5.74) is -3.63. The van der Waals surface area contributed by atoms with Gasteiger partial charge in [-0.3, -0.25) is 0 Å². The van der Waals surface area contributed by atoms with Gasteiger partial charge in [-0.25, -0.2) is 4.79 Å². The Morgan fingerprint density at radius 1 is 1.18 bits per heavy atom. The van der Waals surface area contributed by atoms with Gasteiger partial charge in [0.15, 0.2) is 8.32 Å². The largest absolute Gasteiger partial charge is 0.495 e. The quantitative estimate of drug-likeness (QED) is 0.382. The van der Waals surface area contributed by atoms with Crippen LogP contribution in [0.5, 0.6) is 5.75 Å². The lowest BCUT2D eigenvalue weighted by Crippen LogP contribution is -2.61. The zero-order valence-corrected chi connectivity index (χ0v) is 19.0. The summed E-state index contributed by atoms with van der Waals surface area (Å²) in [5, 5.41) is 0.341. The summed E-state index contributed by atoms with van der Waals surface area (Å²) in [4.78, 5) is 12.6. The van der Waals surface area contributed by atoms with Gasteiger partial charge in [-0.05, 0) is 49.7 Å². The molecule has 0 aromatic heterocycles. The van der Waals surface area contributed by atoms with Crippen molar-refractivity contribution in [1.29, 1.82) is 0 Å². The van der Waals surface area contributed by atoms with Crippen LogP contribution < -0.4 is 4.74 Å². The van der Waals surface area contributed by atoms with Crippen molar-refractivity contribution < 1.29 is 31.9 Å². The summed E-state index contributed by atoms with van der Waals surface area (Å²) in [6.45, 7) is 9.32. The highest BCUT2D eigenvalue weighted by Gasteiger charge is 2.65. The summed E-state index contributed by atoms with van der Waals surface area (Å²) in [6, 6.07) is 4.74. The third-order valence-electron chi connectivity index (χ3n) is 4.17. The van der Waals surface area contributed by atoms with E-state index in [1.54, 1.807) is 51.7 Å². The first-order valence-corrected chi connectivity index (χ1v) is 12.7. The SMILES string of the molecule is CCOC(=O)C(CC(C)(C)c1ccc(Cl)c(OC)c1)(O[Si](C)(C)C)C(F)(F)F. The highest BCUT2D eigenvalue weighted by molar-refractivity contribution is 6.70. The molecule has 28 heavy (non-hydrogen) atoms. The summed E-state index contributed by atoms with van der Waals surface area (Å²) >= 11 is 6.03. The zero-order chi connectivity index (χ0) is 22.0. The Bertz CT molecular complexity index is 701. The molecule has 160 valence electrons. The number of hydrogen-bond acceptors (Lipinski definition) is 4. The number of halogens is 4. The molecule has 0 aliphatic heterocycles. The molecular weight excluding hydrogens is 413 g/mol. The monoisotopic (exact) mass is 440 g/mol. The number of esters is 1. The molecule has 0 heterocycles. The molecule has 0 saturated carbocycles. The van der Waals surface area contributed by atoms with Gasteiger partial charge in [-0.1, -0.05) is 31.5 Å². The van der Waals surface area contributed by atoms with Crippen LogP contribution >= 0.6 is 11.6 Å². The van der Waals surface area contributed by atoms with Crippen molar-refractivity contribution in [3.8, 4) is 5.75 Å². The second-order valence-corrected chi connectivity index (χ2v) is 13.0. The van der Waals surface area contributed by atoms with Gasteiger partial charge in [0.25, 0.3) is 5.60 Å². The average molecular weight is 441 g/mol. The van der Waals surface area contributed by atoms with E-state index in [0.717, 1.165) is 0 Å². The Hall–Kier alpha value is -1.25. The number of ether oxygens (including phenoxy) is 2. The highest BCUT2D eigenvalue weighted by atomic mass is 35.5. The van der Waals surface area contributed by atoms with Gasteiger partial charge in [0.1, 0.15) is 5.75 Å². The molecular formula is C19H28ClF3O4Si. The first-order chi connectivity index (χ1) is 12.6. The standard InChI is InChI=1S/C19H28ClF3O4Si/c1-8-26-16(24)18(19(21,22)23,27-28(5,6)7)12-17(2,3)13-9-10-14(20)15(11-13)25-4/h9-11H,8,12H2,1-7H3. The first-order valence-electron chi connectivity index (χ1n) is 8.88. The number of benzene rings is 1. The van der Waals surface area contributed by atoms with E-state index in [-0.39, 0.29) is 6.61 Å². The maximum absolute atomic E-state index is 14.3. The first kappa shape index (κ1) is 24.8. The van der Waals surface area contributed by atoms with Gasteiger partial charge in [-0.2, -0.15) is 13.2 Å². The van der Waals surface area contributed by atoms with Gasteiger partial charge in [0.05, 0.1) is 18.7 Å². The van der Waals surface area contributed by atoms with Gasteiger partial charge >= 0.3 is 12.1 Å². The molecule has 0 aliphatic carbocycles. The smallest absolute Gasteiger partial charge is 0.427 e. The molecule has 1 aromatic rings. The van der Waals surface area contributed by atoms with Crippen LogP contribution in [0.2, 0.25) is 24.7 Å². The average Bonchev–Trinajstić information content (AvgIpc) is 2.52. The molecule has 0 fully saturated rings. The van der Waals surface area contributed by atoms with E-state index < -0.39 is 37.9 Å². The maximum atomic E-state index is 14.3. The van der Waals surface area contributed by atoms with Gasteiger partial charge in [-0.15, -0.1) is 0 Å². The van der Waals surface area contributed by atoms with Crippen molar-refractivity contribution >= 4 is 25.9 Å². The number of methoxy groups -OCH3 is 1. The van der Waals surface area contributed by atoms with Crippen molar-refractivity contribution in [3.63, 3.8) is 0 Å². The van der Waals surface area contributed by atoms with Gasteiger partial charge < -0.3 is 13.9 Å². The number of carbonyl (C=O) groups excluding carboxylic acids is 1. The number of alkyl halides is 3. The third kappa shape index (κ3) is 5.64. The zero-order valence-electron chi connectivity index (χ0n) is 17.3. The Kier molecular flexibility index (Phi) is 7.64. The van der Waals surface area contributed by atoms with E-state index in [1.165, 1.54) is 14.0 Å². The maximum Gasteiger partial charge on any atom is 0.427 e. The molecule has 0 spiro atoms. The topological polar surface area (TPSA) is 44.8 Å². The molecule has 0 amide bonds. The van der Waals surface area contributed by atoms with Crippen LogP contribution in [0.15, 0.2) is 18.2 Å². The number of hydrogen-bond donors (Lipinski definition) is 0. The molecule has 1 aromatic carbocycles. The lowest BCUT2D eigenvalue weighted by Gasteiger charge is -2.42. The summed E-state index contributed by atoms with van der Waals surface area (Å²) in [7, 11) is -1.37. The lowest BCUT2D eigenvalue weighted by atomic mass is 9.74. The van der Waals surface area contributed by atoms with E-state index in [0.29, 0.717) is 16.3 Å². The molecule has 4 nitrogen and oxygen atoms in total. The van der Waals surface area contributed by atoms with Crippen molar-refractivity contribution in [2.45, 2.75) is 64.0 Å². The minimum Gasteiger partial charge on any atom is -0.495 e. The lowest BCUT2D eigenvalue weighted by molar-refractivity contribution is -0.261. The van der Waals surface area contributed by atoms with Crippen molar-refractivity contribution in [3.05, 3.63) is 28.8 Å². The Labute approximate surface area is 170 Å². The molecule has 0 N–H and O–H groups in total. The predicted molar refractivity (Wildman–Crippen MR) is 105 cm³/mol. The fourth-order valence-electron chi connectivity index (χ4n) is 3.00. The second-order valence-electron chi connectivity index (χ2n) is 8.17. The summed E-state index contributed by atoms with van der Waals surface area (Å²) in [5.74, 6) is -1.08. The second kappa shape index (κ2) is 8.63. The summed E-state index contributed by atoms with van der Waals surface area (Å²) in [6.07, 6.45) is -5.59. The van der Waals surface area contributed by atoms with E-state index in [4.69, 9.17) is 25.5 Å². The Morgan fingerprint density at radius 2 is 1.75 bits per heavy atom. The van der Waals surface area contributed by atoms with E-state index in [2.05, 4.69) is 0 Å². The van der Waals surface area contributed by atoms with Crippen LogP contribution in [-0.4, -0.2) is 39.8 Å². The Balaban J connectivity index is 3.54. The molecule has 9 heteroatoms. The minimum atomic E-state index is -4.95. The van der Waals surface area contributed by atoms with Crippen LogP contribution in [0.4, 0.5) is 13.2 Å². The molecule has 1 atom stereocenters. The molecule has 0 bridgehead atoms. The van der Waals surface area contributed by atoms with Crippen molar-refractivity contribution in [2.24, 2.45) is 0 Å². The number of rotatable bonds is 8. The van der Waals surface area contributed by atoms with Crippen molar-refractivity contribution in [1.82, 2.24) is 0 Å². The molecule has 1 rings (SSSR count). The Morgan fingerprint density at radius 3 is 2.18 bits per heavy atom. The normalized spacial score (nSPS) is 15.1. The molecule has 0 saturated heterocycles. The van der Waals surface area contributed by atoms with Gasteiger partial charge in [0, 0.05) is 6.42 Å². The predicted octanol–water partition coefficient (Wildman–Crippen LogP) is 5.73. The number of carbonyl (C=O) groups is 1. The van der Waals surface area contributed by atoms with Crippen LogP contribution in [0.1, 0.15) is 32.8 Å².